The molecule has 1 N–H and O–H groups in total. The summed E-state index contributed by atoms with van der Waals surface area (Å²) in [7, 11) is 0. The van der Waals surface area contributed by atoms with Crippen molar-refractivity contribution < 1.29 is 0 Å². The molecule has 19 heavy (non-hydrogen) atoms. The Morgan fingerprint density at radius 2 is 2.11 bits per heavy atom. The van der Waals surface area contributed by atoms with Crippen molar-refractivity contribution in [2.24, 2.45) is 5.92 Å². The lowest BCUT2D eigenvalue weighted by atomic mass is 9.91. The van der Waals surface area contributed by atoms with Crippen molar-refractivity contribution in [3.05, 3.63) is 0 Å². The molecule has 0 heterocycles. The first-order chi connectivity index (χ1) is 9.11. The van der Waals surface area contributed by atoms with Crippen LogP contribution in [0.4, 0.5) is 0 Å². The van der Waals surface area contributed by atoms with Gasteiger partial charge in [-0.15, -0.1) is 0 Å². The normalized spacial score (nSPS) is 30.6. The Bertz CT molecular complexity index is 321. The Morgan fingerprint density at radius 3 is 2.74 bits per heavy atom. The van der Waals surface area contributed by atoms with Crippen molar-refractivity contribution in [3.63, 3.8) is 0 Å². The number of nitrogens with zero attached hydrogens (tertiary/aromatic N) is 1. The van der Waals surface area contributed by atoms with Crippen LogP contribution >= 0.6 is 11.8 Å². The van der Waals surface area contributed by atoms with E-state index in [1.54, 1.807) is 0 Å². The second-order valence-electron chi connectivity index (χ2n) is 6.73. The number of thioether (sulfide) groups is 1. The second kappa shape index (κ2) is 6.99. The number of hydrogen-bond acceptors (Lipinski definition) is 3. The smallest absolute Gasteiger partial charge is 0.104 e. The predicted molar refractivity (Wildman–Crippen MR) is 83.3 cm³/mol. The molecule has 0 aromatic heterocycles. The average Bonchev–Trinajstić information content (AvgIpc) is 3.19. The van der Waals surface area contributed by atoms with Crippen LogP contribution in [-0.2, 0) is 0 Å². The van der Waals surface area contributed by atoms with Crippen LogP contribution in [0.15, 0.2) is 0 Å². The molecular weight excluding hydrogens is 252 g/mol. The van der Waals surface area contributed by atoms with E-state index in [0.29, 0.717) is 6.04 Å². The van der Waals surface area contributed by atoms with Gasteiger partial charge in [-0.2, -0.15) is 17.0 Å². The van der Waals surface area contributed by atoms with Crippen molar-refractivity contribution in [2.45, 2.75) is 82.0 Å². The summed E-state index contributed by atoms with van der Waals surface area (Å²) in [6, 6.07) is 3.10. The third kappa shape index (κ3) is 5.36. The molecule has 0 radical (unpaired) electrons. The van der Waals surface area contributed by atoms with Gasteiger partial charge in [0.25, 0.3) is 0 Å². The van der Waals surface area contributed by atoms with Crippen LogP contribution in [0.3, 0.4) is 0 Å². The minimum atomic E-state index is -0.290. The topological polar surface area (TPSA) is 35.8 Å². The van der Waals surface area contributed by atoms with E-state index in [1.807, 2.05) is 0 Å². The molecule has 2 aliphatic carbocycles. The van der Waals surface area contributed by atoms with E-state index in [9.17, 15) is 5.26 Å². The third-order valence-corrected chi connectivity index (χ3v) is 5.83. The van der Waals surface area contributed by atoms with Gasteiger partial charge in [-0.1, -0.05) is 19.8 Å². The molecule has 0 amide bonds. The summed E-state index contributed by atoms with van der Waals surface area (Å²) in [5.74, 6) is 2.15. The summed E-state index contributed by atoms with van der Waals surface area (Å²) >= 11 is 2.15. The zero-order valence-corrected chi connectivity index (χ0v) is 13.3. The van der Waals surface area contributed by atoms with E-state index >= 15 is 0 Å². The van der Waals surface area contributed by atoms with Gasteiger partial charge in [-0.25, -0.2) is 0 Å². The van der Waals surface area contributed by atoms with Gasteiger partial charge < -0.3 is 0 Å². The number of hydrogen-bond donors (Lipinski definition) is 1. The lowest BCUT2D eigenvalue weighted by molar-refractivity contribution is 0.393. The lowest BCUT2D eigenvalue weighted by Crippen LogP contribution is -2.42. The van der Waals surface area contributed by atoms with Gasteiger partial charge in [0.05, 0.1) is 6.07 Å². The Labute approximate surface area is 122 Å². The summed E-state index contributed by atoms with van der Waals surface area (Å²) in [5.41, 5.74) is -0.290. The summed E-state index contributed by atoms with van der Waals surface area (Å²) in [6.07, 6.45) is 10.3. The fraction of sp³-hybridized carbons (Fsp3) is 0.938. The first-order valence-electron chi connectivity index (χ1n) is 7.92. The highest BCUT2D eigenvalue weighted by Gasteiger charge is 2.32. The largest absolute Gasteiger partial charge is 0.297 e. The molecule has 0 bridgehead atoms. The molecule has 108 valence electrons. The summed E-state index contributed by atoms with van der Waals surface area (Å²) in [6.45, 7) is 4.46. The molecular formula is C16H28N2S. The predicted octanol–water partition coefficient (Wildman–Crippen LogP) is 4.11. The van der Waals surface area contributed by atoms with E-state index in [2.05, 4.69) is 37.0 Å². The Hall–Kier alpha value is -0.200. The maximum atomic E-state index is 9.33. The molecule has 2 fully saturated rings. The molecule has 0 spiro atoms. The minimum Gasteiger partial charge on any atom is -0.297 e. The van der Waals surface area contributed by atoms with Crippen LogP contribution < -0.4 is 5.32 Å². The van der Waals surface area contributed by atoms with Crippen molar-refractivity contribution >= 4 is 11.8 Å². The number of rotatable bonds is 7. The van der Waals surface area contributed by atoms with Gasteiger partial charge in [0.2, 0.25) is 0 Å². The molecule has 2 saturated carbocycles. The molecule has 3 unspecified atom stereocenters. The Balaban J connectivity index is 1.61. The van der Waals surface area contributed by atoms with Crippen LogP contribution in [0, 0.1) is 17.2 Å². The maximum Gasteiger partial charge on any atom is 0.104 e. The third-order valence-electron chi connectivity index (χ3n) is 4.41. The van der Waals surface area contributed by atoms with Gasteiger partial charge in [-0.05, 0) is 57.1 Å². The zero-order valence-electron chi connectivity index (χ0n) is 12.5. The van der Waals surface area contributed by atoms with Gasteiger partial charge in [0.15, 0.2) is 0 Å². The van der Waals surface area contributed by atoms with Gasteiger partial charge in [0.1, 0.15) is 5.54 Å². The molecule has 3 heteroatoms. The van der Waals surface area contributed by atoms with Crippen molar-refractivity contribution in [1.29, 1.82) is 5.26 Å². The fourth-order valence-corrected chi connectivity index (χ4v) is 4.49. The monoisotopic (exact) mass is 280 g/mol. The first-order valence-corrected chi connectivity index (χ1v) is 8.97. The molecule has 0 aromatic rings. The standard InChI is InChI=1S/C16H28N2S/c1-13-5-3-6-15(11-13)19-10-4-9-16(2,12-17)18-14-7-8-14/h13-15,18H,3-11H2,1-2H3. The molecule has 2 nitrogen and oxygen atoms in total. The van der Waals surface area contributed by atoms with E-state index in [0.717, 1.165) is 17.6 Å². The van der Waals surface area contributed by atoms with Crippen LogP contribution in [0.2, 0.25) is 0 Å². The van der Waals surface area contributed by atoms with E-state index in [-0.39, 0.29) is 5.54 Å². The summed E-state index contributed by atoms with van der Waals surface area (Å²) in [4.78, 5) is 0. The first kappa shape index (κ1) is 15.2. The molecule has 0 saturated heterocycles. The molecule has 2 aliphatic rings. The van der Waals surface area contributed by atoms with Gasteiger partial charge in [-0.3, -0.25) is 5.32 Å². The Morgan fingerprint density at radius 1 is 1.32 bits per heavy atom. The zero-order chi connectivity index (χ0) is 13.7. The van der Waals surface area contributed by atoms with E-state index in [1.165, 1.54) is 50.7 Å². The average molecular weight is 280 g/mol. The van der Waals surface area contributed by atoms with Crippen LogP contribution in [-0.4, -0.2) is 22.6 Å². The fourth-order valence-electron chi connectivity index (χ4n) is 3.04. The van der Waals surface area contributed by atoms with Crippen LogP contribution in [0.25, 0.3) is 0 Å². The van der Waals surface area contributed by atoms with Crippen molar-refractivity contribution in [1.82, 2.24) is 5.32 Å². The number of nitriles is 1. The molecule has 2 rings (SSSR count). The van der Waals surface area contributed by atoms with Crippen LogP contribution in [0.1, 0.15) is 65.2 Å². The highest BCUT2D eigenvalue weighted by Crippen LogP contribution is 2.33. The van der Waals surface area contributed by atoms with Crippen molar-refractivity contribution in [3.8, 4) is 6.07 Å². The van der Waals surface area contributed by atoms with Gasteiger partial charge >= 0.3 is 0 Å². The second-order valence-corrected chi connectivity index (χ2v) is 8.14. The quantitative estimate of drug-likeness (QED) is 0.713. The highest BCUT2D eigenvalue weighted by molar-refractivity contribution is 7.99. The lowest BCUT2D eigenvalue weighted by Gasteiger charge is -2.27. The van der Waals surface area contributed by atoms with E-state index in [4.69, 9.17) is 0 Å². The Kier molecular flexibility index (Phi) is 5.59. The SMILES string of the molecule is CC1CCCC(SCCCC(C)(C#N)NC2CC2)C1. The van der Waals surface area contributed by atoms with E-state index < -0.39 is 0 Å². The maximum absolute atomic E-state index is 9.33. The molecule has 3 atom stereocenters. The highest BCUT2D eigenvalue weighted by atomic mass is 32.2. The van der Waals surface area contributed by atoms with Gasteiger partial charge in [0, 0.05) is 11.3 Å². The minimum absolute atomic E-state index is 0.290. The summed E-state index contributed by atoms with van der Waals surface area (Å²) in [5, 5.41) is 13.7. The summed E-state index contributed by atoms with van der Waals surface area (Å²) < 4.78 is 0. The number of nitrogens with one attached hydrogen (secondary N) is 1. The molecule has 0 aromatic carbocycles. The molecule has 0 aliphatic heterocycles. The van der Waals surface area contributed by atoms with Crippen LogP contribution in [0.5, 0.6) is 0 Å². The van der Waals surface area contributed by atoms with Crippen molar-refractivity contribution in [2.75, 3.05) is 5.75 Å².